The zero-order chi connectivity index (χ0) is 12.6. The van der Waals surface area contributed by atoms with Crippen LogP contribution in [0, 0.1) is 0 Å². The lowest BCUT2D eigenvalue weighted by atomic mass is 10.2. The lowest BCUT2D eigenvalue weighted by Crippen LogP contribution is -2.15. The molecule has 0 aliphatic carbocycles. The maximum Gasteiger partial charge on any atom is 0.157 e. The van der Waals surface area contributed by atoms with E-state index in [1.165, 1.54) is 11.3 Å². The van der Waals surface area contributed by atoms with Crippen LogP contribution in [0.4, 0.5) is 0 Å². The summed E-state index contributed by atoms with van der Waals surface area (Å²) in [5, 5.41) is 1.39. The van der Waals surface area contributed by atoms with Gasteiger partial charge >= 0.3 is 0 Å². The van der Waals surface area contributed by atoms with Crippen molar-refractivity contribution in [3.63, 3.8) is 0 Å². The summed E-state index contributed by atoms with van der Waals surface area (Å²) in [6.07, 6.45) is 0. The lowest BCUT2D eigenvalue weighted by Gasteiger charge is -2.04. The Bertz CT molecular complexity index is 642. The van der Waals surface area contributed by atoms with Crippen molar-refractivity contribution in [1.82, 2.24) is 0 Å². The average Bonchev–Trinajstić information content (AvgIpc) is 2.57. The maximum atomic E-state index is 11.8. The summed E-state index contributed by atoms with van der Waals surface area (Å²) < 4.78 is 24.7. The number of halogens is 1. The summed E-state index contributed by atoms with van der Waals surface area (Å²) in [5.74, 6) is 0.113. The average molecular weight is 289 g/mol. The highest BCUT2D eigenvalue weighted by atomic mass is 35.5. The summed E-state index contributed by atoms with van der Waals surface area (Å²) >= 11 is 7.39. The summed E-state index contributed by atoms with van der Waals surface area (Å²) in [4.78, 5) is 0.871. The molecule has 0 amide bonds. The van der Waals surface area contributed by atoms with E-state index in [0.717, 1.165) is 15.0 Å². The van der Waals surface area contributed by atoms with E-state index in [1.54, 1.807) is 13.8 Å². The van der Waals surface area contributed by atoms with Crippen molar-refractivity contribution < 1.29 is 8.42 Å². The Kier molecular flexibility index (Phi) is 3.48. The Morgan fingerprint density at radius 1 is 1.29 bits per heavy atom. The highest BCUT2D eigenvalue weighted by molar-refractivity contribution is 7.91. The minimum absolute atomic E-state index is 0.113. The summed E-state index contributed by atoms with van der Waals surface area (Å²) in [5.41, 5.74) is 0. The lowest BCUT2D eigenvalue weighted by molar-refractivity contribution is 0.587. The van der Waals surface area contributed by atoms with Crippen molar-refractivity contribution in [3.05, 3.63) is 34.2 Å². The number of fused-ring (bicyclic) bond motifs is 1. The Labute approximate surface area is 110 Å². The van der Waals surface area contributed by atoms with Crippen molar-refractivity contribution >= 4 is 42.9 Å². The predicted molar refractivity (Wildman–Crippen MR) is 74.6 cm³/mol. The number of rotatable bonds is 3. The quantitative estimate of drug-likeness (QED) is 0.859. The number of sulfone groups is 1. The molecule has 17 heavy (non-hydrogen) atoms. The number of hydrogen-bond acceptors (Lipinski definition) is 3. The first-order chi connectivity index (χ1) is 7.88. The molecule has 0 aliphatic rings. The SMILES string of the molecule is CC(C)S(=O)(=O)Cc1cc2ccc(Cl)cc2s1. The molecule has 1 aromatic carbocycles. The van der Waals surface area contributed by atoms with E-state index in [2.05, 4.69) is 0 Å². The van der Waals surface area contributed by atoms with Crippen molar-refractivity contribution in [2.75, 3.05) is 0 Å². The van der Waals surface area contributed by atoms with Gasteiger partial charge in [0, 0.05) is 14.6 Å². The fourth-order valence-electron chi connectivity index (χ4n) is 1.50. The zero-order valence-electron chi connectivity index (χ0n) is 9.60. The van der Waals surface area contributed by atoms with Crippen LogP contribution in [0.25, 0.3) is 10.1 Å². The Hall–Kier alpha value is -0.580. The molecule has 0 unspecified atom stereocenters. The van der Waals surface area contributed by atoms with Gasteiger partial charge in [-0.3, -0.25) is 0 Å². The van der Waals surface area contributed by atoms with E-state index in [9.17, 15) is 8.42 Å². The molecule has 2 nitrogen and oxygen atoms in total. The van der Waals surface area contributed by atoms with Gasteiger partial charge in [0.2, 0.25) is 0 Å². The molecule has 2 aromatic rings. The van der Waals surface area contributed by atoms with E-state index in [-0.39, 0.29) is 11.0 Å². The predicted octanol–water partition coefficient (Wildman–Crippen LogP) is 3.88. The van der Waals surface area contributed by atoms with Gasteiger partial charge in [-0.1, -0.05) is 17.7 Å². The van der Waals surface area contributed by atoms with Gasteiger partial charge in [0.1, 0.15) is 0 Å². The largest absolute Gasteiger partial charge is 0.228 e. The van der Waals surface area contributed by atoms with Gasteiger partial charge in [-0.15, -0.1) is 11.3 Å². The van der Waals surface area contributed by atoms with Gasteiger partial charge in [-0.25, -0.2) is 8.42 Å². The first kappa shape index (κ1) is 12.9. The summed E-state index contributed by atoms with van der Waals surface area (Å²) in [6, 6.07) is 7.53. The number of thiophene rings is 1. The molecule has 5 heteroatoms. The molecule has 1 heterocycles. The number of hydrogen-bond donors (Lipinski definition) is 0. The number of benzene rings is 1. The van der Waals surface area contributed by atoms with E-state index < -0.39 is 9.84 Å². The Balaban J connectivity index is 2.38. The zero-order valence-corrected chi connectivity index (χ0v) is 12.0. The second-order valence-electron chi connectivity index (χ2n) is 4.25. The summed E-state index contributed by atoms with van der Waals surface area (Å²) in [7, 11) is -3.03. The Morgan fingerprint density at radius 2 is 2.00 bits per heavy atom. The van der Waals surface area contributed by atoms with Crippen LogP contribution in [0.2, 0.25) is 5.02 Å². The van der Waals surface area contributed by atoms with Gasteiger partial charge in [-0.05, 0) is 37.4 Å². The smallest absolute Gasteiger partial charge is 0.157 e. The van der Waals surface area contributed by atoms with E-state index in [0.29, 0.717) is 5.02 Å². The van der Waals surface area contributed by atoms with E-state index in [4.69, 9.17) is 11.6 Å². The molecule has 0 fully saturated rings. The molecule has 0 saturated carbocycles. The fourth-order valence-corrected chi connectivity index (χ4v) is 4.17. The minimum Gasteiger partial charge on any atom is -0.228 e. The fraction of sp³-hybridized carbons (Fsp3) is 0.333. The first-order valence-electron chi connectivity index (χ1n) is 5.28. The van der Waals surface area contributed by atoms with Crippen LogP contribution in [-0.4, -0.2) is 13.7 Å². The van der Waals surface area contributed by atoms with Crippen LogP contribution in [-0.2, 0) is 15.6 Å². The van der Waals surface area contributed by atoms with E-state index >= 15 is 0 Å². The molecule has 1 aromatic heterocycles. The third-order valence-corrected chi connectivity index (χ3v) is 6.26. The van der Waals surface area contributed by atoms with Crippen molar-refractivity contribution in [2.24, 2.45) is 0 Å². The minimum atomic E-state index is -3.03. The van der Waals surface area contributed by atoms with Gasteiger partial charge in [-0.2, -0.15) is 0 Å². The molecule has 0 radical (unpaired) electrons. The molecule has 0 saturated heterocycles. The normalized spacial score (nSPS) is 12.5. The third-order valence-electron chi connectivity index (χ3n) is 2.59. The van der Waals surface area contributed by atoms with E-state index in [1.807, 2.05) is 24.3 Å². The molecular formula is C12H13ClO2S2. The maximum absolute atomic E-state index is 11.8. The van der Waals surface area contributed by atoms with Crippen molar-refractivity contribution in [2.45, 2.75) is 24.9 Å². The third kappa shape index (κ3) is 2.81. The van der Waals surface area contributed by atoms with Crippen LogP contribution in [0.15, 0.2) is 24.3 Å². The van der Waals surface area contributed by atoms with Crippen LogP contribution >= 0.6 is 22.9 Å². The molecule has 0 bridgehead atoms. The van der Waals surface area contributed by atoms with Crippen molar-refractivity contribution in [1.29, 1.82) is 0 Å². The molecule has 0 spiro atoms. The molecule has 0 aliphatic heterocycles. The summed E-state index contributed by atoms with van der Waals surface area (Å²) in [6.45, 7) is 3.42. The molecule has 92 valence electrons. The van der Waals surface area contributed by atoms with Gasteiger partial charge in [0.25, 0.3) is 0 Å². The highest BCUT2D eigenvalue weighted by Gasteiger charge is 2.18. The highest BCUT2D eigenvalue weighted by Crippen LogP contribution is 2.29. The molecule has 2 rings (SSSR count). The van der Waals surface area contributed by atoms with Crippen LogP contribution in [0.5, 0.6) is 0 Å². The molecular weight excluding hydrogens is 276 g/mol. The molecule has 0 atom stereocenters. The topological polar surface area (TPSA) is 34.1 Å². The van der Waals surface area contributed by atoms with Crippen LogP contribution < -0.4 is 0 Å². The first-order valence-corrected chi connectivity index (χ1v) is 8.19. The van der Waals surface area contributed by atoms with Gasteiger partial charge in [0.05, 0.1) is 11.0 Å². The van der Waals surface area contributed by atoms with Gasteiger partial charge in [0.15, 0.2) is 9.84 Å². The monoisotopic (exact) mass is 288 g/mol. The standard InChI is InChI=1S/C12H13ClO2S2/c1-8(2)17(14,15)7-11-5-9-3-4-10(13)6-12(9)16-11/h3-6,8H,7H2,1-2H3. The van der Waals surface area contributed by atoms with Crippen molar-refractivity contribution in [3.8, 4) is 0 Å². The second kappa shape index (κ2) is 4.59. The van der Waals surface area contributed by atoms with Crippen LogP contribution in [0.3, 0.4) is 0 Å². The second-order valence-corrected chi connectivity index (χ2v) is 8.41. The van der Waals surface area contributed by atoms with Crippen LogP contribution in [0.1, 0.15) is 18.7 Å². The Morgan fingerprint density at radius 3 is 2.65 bits per heavy atom. The van der Waals surface area contributed by atoms with Gasteiger partial charge < -0.3 is 0 Å². The molecule has 0 N–H and O–H groups in total.